The highest BCUT2D eigenvalue weighted by Gasteiger charge is 2.51. The maximum Gasteiger partial charge on any atom is 0.338 e. The Kier molecular flexibility index (Phi) is 4.73. The van der Waals surface area contributed by atoms with Gasteiger partial charge in [-0.2, -0.15) is 0 Å². The molecular formula is C11H19NO4. The summed E-state index contributed by atoms with van der Waals surface area (Å²) in [4.78, 5) is 22.6. The van der Waals surface area contributed by atoms with Crippen LogP contribution < -0.4 is 5.32 Å². The summed E-state index contributed by atoms with van der Waals surface area (Å²) in [5.74, 6) is -0.133. The molecule has 0 saturated carbocycles. The summed E-state index contributed by atoms with van der Waals surface area (Å²) in [5, 5.41) is 2.73. The van der Waals surface area contributed by atoms with Crippen LogP contribution in [-0.2, 0) is 19.1 Å². The summed E-state index contributed by atoms with van der Waals surface area (Å²) in [6.45, 7) is 6.81. The minimum Gasteiger partial charge on any atom is -0.464 e. The van der Waals surface area contributed by atoms with Gasteiger partial charge in [0.25, 0.3) is 5.91 Å². The molecule has 0 aromatic rings. The predicted octanol–water partition coefficient (Wildman–Crippen LogP) is 0.479. The lowest BCUT2D eigenvalue weighted by atomic mass is 10.1. The van der Waals surface area contributed by atoms with Gasteiger partial charge in [0, 0.05) is 6.54 Å². The van der Waals surface area contributed by atoms with E-state index in [1.165, 1.54) is 0 Å². The fourth-order valence-electron chi connectivity index (χ4n) is 1.30. The summed E-state index contributed by atoms with van der Waals surface area (Å²) in [6, 6.07) is 0. The van der Waals surface area contributed by atoms with Crippen LogP contribution in [0.15, 0.2) is 0 Å². The highest BCUT2D eigenvalue weighted by Crippen LogP contribution is 2.23. The first-order valence-electron chi connectivity index (χ1n) is 5.66. The average Bonchev–Trinajstić information content (AvgIpc) is 2.96. The van der Waals surface area contributed by atoms with Crippen LogP contribution >= 0.6 is 0 Å². The molecule has 0 aromatic heterocycles. The molecule has 5 heteroatoms. The first kappa shape index (κ1) is 13.0. The van der Waals surface area contributed by atoms with Crippen LogP contribution in [0.4, 0.5) is 0 Å². The minimum atomic E-state index is -0.695. The number of epoxide rings is 1. The maximum absolute atomic E-state index is 11.5. The molecule has 1 fully saturated rings. The number of ether oxygens (including phenoxy) is 2. The Morgan fingerprint density at radius 1 is 1.38 bits per heavy atom. The van der Waals surface area contributed by atoms with Crippen LogP contribution in [0, 0.1) is 5.92 Å². The van der Waals surface area contributed by atoms with Gasteiger partial charge in [-0.25, -0.2) is 4.79 Å². The molecule has 0 aromatic carbocycles. The lowest BCUT2D eigenvalue weighted by molar-refractivity contribution is -0.144. The van der Waals surface area contributed by atoms with E-state index >= 15 is 0 Å². The molecule has 5 nitrogen and oxygen atoms in total. The summed E-state index contributed by atoms with van der Waals surface area (Å²) < 4.78 is 9.71. The quantitative estimate of drug-likeness (QED) is 0.531. The van der Waals surface area contributed by atoms with Crippen molar-refractivity contribution in [1.82, 2.24) is 5.32 Å². The predicted molar refractivity (Wildman–Crippen MR) is 57.8 cm³/mol. The summed E-state index contributed by atoms with van der Waals surface area (Å²) >= 11 is 0. The fourth-order valence-corrected chi connectivity index (χ4v) is 1.30. The number of esters is 1. The Balaban J connectivity index is 2.18. The lowest BCUT2D eigenvalue weighted by Crippen LogP contribution is -2.32. The molecule has 92 valence electrons. The van der Waals surface area contributed by atoms with Crippen LogP contribution in [0.5, 0.6) is 0 Å². The molecule has 1 aliphatic rings. The van der Waals surface area contributed by atoms with Gasteiger partial charge in [0.1, 0.15) is 0 Å². The van der Waals surface area contributed by atoms with Gasteiger partial charge in [-0.05, 0) is 19.3 Å². The number of hydrogen-bond donors (Lipinski definition) is 1. The van der Waals surface area contributed by atoms with E-state index in [1.807, 2.05) is 0 Å². The number of nitrogens with one attached hydrogen (secondary N) is 1. The minimum absolute atomic E-state index is 0.223. The zero-order chi connectivity index (χ0) is 12.1. The van der Waals surface area contributed by atoms with Crippen LogP contribution in [0.2, 0.25) is 0 Å². The van der Waals surface area contributed by atoms with Crippen molar-refractivity contribution in [2.45, 2.75) is 39.4 Å². The standard InChI is InChI=1S/C11H19NO4/c1-4-15-11(14)9-8(16-9)10(13)12-6-5-7(2)3/h7-9H,4-6H2,1-3H3,(H,12,13). The van der Waals surface area contributed by atoms with E-state index in [4.69, 9.17) is 9.47 Å². The third-order valence-electron chi connectivity index (χ3n) is 2.29. The first-order valence-corrected chi connectivity index (χ1v) is 5.66. The molecule has 2 unspecified atom stereocenters. The second-order valence-electron chi connectivity index (χ2n) is 4.20. The highest BCUT2D eigenvalue weighted by atomic mass is 16.6. The number of amides is 1. The monoisotopic (exact) mass is 229 g/mol. The highest BCUT2D eigenvalue weighted by molar-refractivity contribution is 5.92. The second-order valence-corrected chi connectivity index (χ2v) is 4.20. The zero-order valence-corrected chi connectivity index (χ0v) is 9.99. The van der Waals surface area contributed by atoms with Crippen LogP contribution in [0.3, 0.4) is 0 Å². The van der Waals surface area contributed by atoms with Gasteiger partial charge in [-0.3, -0.25) is 4.79 Å². The van der Waals surface area contributed by atoms with Crippen molar-refractivity contribution in [3.63, 3.8) is 0 Å². The van der Waals surface area contributed by atoms with Gasteiger partial charge in [-0.15, -0.1) is 0 Å². The van der Waals surface area contributed by atoms with Gasteiger partial charge >= 0.3 is 5.97 Å². The summed E-state index contributed by atoms with van der Waals surface area (Å²) in [7, 11) is 0. The molecule has 2 atom stereocenters. The van der Waals surface area contributed by atoms with Gasteiger partial charge in [0.05, 0.1) is 6.61 Å². The molecule has 0 aliphatic carbocycles. The number of carbonyl (C=O) groups is 2. The molecular weight excluding hydrogens is 210 g/mol. The maximum atomic E-state index is 11.5. The number of hydrogen-bond acceptors (Lipinski definition) is 4. The normalized spacial score (nSPS) is 23.0. The molecule has 1 amide bonds. The summed E-state index contributed by atoms with van der Waals surface area (Å²) in [6.07, 6.45) is -0.423. The molecule has 0 radical (unpaired) electrons. The van der Waals surface area contributed by atoms with Crippen LogP contribution in [-0.4, -0.2) is 37.2 Å². The van der Waals surface area contributed by atoms with E-state index < -0.39 is 18.2 Å². The van der Waals surface area contributed by atoms with E-state index in [-0.39, 0.29) is 5.91 Å². The van der Waals surface area contributed by atoms with E-state index in [9.17, 15) is 9.59 Å². The van der Waals surface area contributed by atoms with E-state index in [2.05, 4.69) is 19.2 Å². The van der Waals surface area contributed by atoms with Crippen molar-refractivity contribution < 1.29 is 19.1 Å². The smallest absolute Gasteiger partial charge is 0.338 e. The van der Waals surface area contributed by atoms with Gasteiger partial charge in [0.2, 0.25) is 0 Å². The summed E-state index contributed by atoms with van der Waals surface area (Å²) in [5.41, 5.74) is 0. The molecule has 1 heterocycles. The van der Waals surface area contributed by atoms with Crippen LogP contribution in [0.1, 0.15) is 27.2 Å². The molecule has 16 heavy (non-hydrogen) atoms. The number of carbonyl (C=O) groups excluding carboxylic acids is 2. The Labute approximate surface area is 95.5 Å². The molecule has 1 saturated heterocycles. The Hall–Kier alpha value is -1.10. The Morgan fingerprint density at radius 3 is 2.62 bits per heavy atom. The van der Waals surface area contributed by atoms with E-state index in [1.54, 1.807) is 6.92 Å². The van der Waals surface area contributed by atoms with Crippen molar-refractivity contribution in [3.8, 4) is 0 Å². The first-order chi connectivity index (χ1) is 7.56. The van der Waals surface area contributed by atoms with Crippen LogP contribution in [0.25, 0.3) is 0 Å². The number of rotatable bonds is 6. The molecule has 1 aliphatic heterocycles. The van der Waals surface area contributed by atoms with Crippen molar-refractivity contribution in [3.05, 3.63) is 0 Å². The van der Waals surface area contributed by atoms with E-state index in [0.717, 1.165) is 6.42 Å². The SMILES string of the molecule is CCOC(=O)C1OC1C(=O)NCCC(C)C. The largest absolute Gasteiger partial charge is 0.464 e. The average molecular weight is 229 g/mol. The third-order valence-corrected chi connectivity index (χ3v) is 2.29. The van der Waals surface area contributed by atoms with Crippen molar-refractivity contribution in [2.75, 3.05) is 13.2 Å². The van der Waals surface area contributed by atoms with Gasteiger partial charge < -0.3 is 14.8 Å². The topological polar surface area (TPSA) is 67.9 Å². The van der Waals surface area contributed by atoms with Gasteiger partial charge in [0.15, 0.2) is 12.2 Å². The molecule has 0 bridgehead atoms. The fraction of sp³-hybridized carbons (Fsp3) is 0.818. The molecule has 0 spiro atoms. The van der Waals surface area contributed by atoms with Crippen molar-refractivity contribution >= 4 is 11.9 Å². The van der Waals surface area contributed by atoms with E-state index in [0.29, 0.717) is 19.1 Å². The van der Waals surface area contributed by atoms with Crippen molar-refractivity contribution in [1.29, 1.82) is 0 Å². The Morgan fingerprint density at radius 2 is 2.06 bits per heavy atom. The Bertz CT molecular complexity index is 265. The lowest BCUT2D eigenvalue weighted by Gasteiger charge is -2.05. The third kappa shape index (κ3) is 3.81. The molecule has 1 rings (SSSR count). The second kappa shape index (κ2) is 5.84. The molecule has 1 N–H and O–H groups in total. The van der Waals surface area contributed by atoms with Gasteiger partial charge in [-0.1, -0.05) is 13.8 Å². The zero-order valence-electron chi connectivity index (χ0n) is 9.99. The van der Waals surface area contributed by atoms with Crippen molar-refractivity contribution in [2.24, 2.45) is 5.92 Å².